The predicted octanol–water partition coefficient (Wildman–Crippen LogP) is 4.49. The van der Waals surface area contributed by atoms with E-state index in [-0.39, 0.29) is 11.3 Å². The maximum Gasteiger partial charge on any atom is 0.334 e. The Bertz CT molecular complexity index is 1030. The minimum atomic E-state index is -1.79. The number of para-hydroxylation sites is 1. The summed E-state index contributed by atoms with van der Waals surface area (Å²) in [6.07, 6.45) is -1.79. The van der Waals surface area contributed by atoms with Crippen LogP contribution in [-0.4, -0.2) is 29.4 Å². The third-order valence-electron chi connectivity index (χ3n) is 4.26. The van der Waals surface area contributed by atoms with Gasteiger partial charge in [0.05, 0.1) is 12.4 Å². The number of benzene rings is 3. The molecule has 0 aliphatic heterocycles. The van der Waals surface area contributed by atoms with Crippen molar-refractivity contribution in [3.63, 3.8) is 0 Å². The Labute approximate surface area is 177 Å². The molecule has 0 aromatic heterocycles. The lowest BCUT2D eigenvalue weighted by Gasteiger charge is -2.21. The van der Waals surface area contributed by atoms with Gasteiger partial charge in [0.15, 0.2) is 17.7 Å². The van der Waals surface area contributed by atoms with Crippen molar-refractivity contribution >= 4 is 23.4 Å². The molecule has 0 heterocycles. The van der Waals surface area contributed by atoms with Gasteiger partial charge in [-0.2, -0.15) is 0 Å². The number of ether oxygens (including phenoxy) is 2. The quantitative estimate of drug-likeness (QED) is 0.358. The summed E-state index contributed by atoms with van der Waals surface area (Å²) >= 11 is 1.01. The van der Waals surface area contributed by atoms with E-state index >= 15 is 0 Å². The average molecular weight is 429 g/mol. The van der Waals surface area contributed by atoms with Gasteiger partial charge in [0.2, 0.25) is 0 Å². The van der Waals surface area contributed by atoms with Crippen LogP contribution in [0, 0.1) is 5.82 Å². The van der Waals surface area contributed by atoms with Crippen LogP contribution in [0.15, 0.2) is 71.6 Å². The van der Waals surface area contributed by atoms with Gasteiger partial charge in [-0.15, -0.1) is 11.8 Å². The van der Waals surface area contributed by atoms with E-state index < -0.39 is 23.1 Å². The second kappa shape index (κ2) is 9.51. The number of aliphatic carboxylic acids is 1. The number of halogens is 1. The highest BCUT2D eigenvalue weighted by Crippen LogP contribution is 2.43. The van der Waals surface area contributed by atoms with Crippen molar-refractivity contribution in [3.05, 3.63) is 78.1 Å². The molecule has 4 N–H and O–H groups in total. The lowest BCUT2D eigenvalue weighted by atomic mass is 10.1. The standard InChI is InChI=1S/C22H20FNO5S/c1-28-18-10-7-13(11-16(18)23)21(20(25)22(26)27)30-19-12-15(8-9-17(19)24)29-14-5-3-2-4-6-14/h2-12,20-21,25H,24H2,1H3,(H,26,27)/t20-,21+/m1/s1. The Kier molecular flexibility index (Phi) is 6.81. The van der Waals surface area contributed by atoms with E-state index in [1.165, 1.54) is 19.2 Å². The number of anilines is 1. The molecule has 3 aromatic rings. The number of aliphatic hydroxyl groups is 1. The van der Waals surface area contributed by atoms with E-state index in [0.29, 0.717) is 22.1 Å². The molecular weight excluding hydrogens is 409 g/mol. The second-order valence-electron chi connectivity index (χ2n) is 6.33. The minimum absolute atomic E-state index is 0.0186. The number of aliphatic hydroxyl groups excluding tert-OH is 1. The number of carboxylic acids is 1. The van der Waals surface area contributed by atoms with Gasteiger partial charge in [-0.3, -0.25) is 0 Å². The van der Waals surface area contributed by atoms with E-state index in [1.807, 2.05) is 18.2 Å². The first kappa shape index (κ1) is 21.5. The molecule has 0 bridgehead atoms. The van der Waals surface area contributed by atoms with Crippen molar-refractivity contribution < 1.29 is 28.9 Å². The van der Waals surface area contributed by atoms with Crippen LogP contribution < -0.4 is 15.2 Å². The van der Waals surface area contributed by atoms with Gasteiger partial charge < -0.3 is 25.4 Å². The summed E-state index contributed by atoms with van der Waals surface area (Å²) in [5.41, 5.74) is 6.71. The Hall–Kier alpha value is -3.23. The lowest BCUT2D eigenvalue weighted by molar-refractivity contribution is -0.146. The van der Waals surface area contributed by atoms with Crippen molar-refractivity contribution in [2.45, 2.75) is 16.2 Å². The zero-order chi connectivity index (χ0) is 21.7. The molecule has 156 valence electrons. The Morgan fingerprint density at radius 2 is 1.80 bits per heavy atom. The highest BCUT2D eigenvalue weighted by atomic mass is 32.2. The summed E-state index contributed by atoms with van der Waals surface area (Å²) in [6, 6.07) is 18.1. The van der Waals surface area contributed by atoms with Gasteiger partial charge in [0.25, 0.3) is 0 Å². The van der Waals surface area contributed by atoms with Gasteiger partial charge in [-0.25, -0.2) is 9.18 Å². The lowest BCUT2D eigenvalue weighted by Crippen LogP contribution is -2.26. The maximum absolute atomic E-state index is 14.2. The molecule has 0 radical (unpaired) electrons. The van der Waals surface area contributed by atoms with Crippen LogP contribution in [0.4, 0.5) is 10.1 Å². The zero-order valence-corrected chi connectivity index (χ0v) is 16.8. The number of rotatable bonds is 8. The van der Waals surface area contributed by atoms with Crippen molar-refractivity contribution in [2.75, 3.05) is 12.8 Å². The highest BCUT2D eigenvalue weighted by molar-refractivity contribution is 7.99. The van der Waals surface area contributed by atoms with Crippen LogP contribution in [0.2, 0.25) is 0 Å². The minimum Gasteiger partial charge on any atom is -0.494 e. The molecule has 0 unspecified atom stereocenters. The molecule has 0 amide bonds. The molecule has 3 aromatic carbocycles. The normalized spacial score (nSPS) is 12.8. The highest BCUT2D eigenvalue weighted by Gasteiger charge is 2.30. The van der Waals surface area contributed by atoms with Crippen LogP contribution in [0.3, 0.4) is 0 Å². The fourth-order valence-corrected chi connectivity index (χ4v) is 3.94. The Morgan fingerprint density at radius 3 is 2.43 bits per heavy atom. The van der Waals surface area contributed by atoms with Gasteiger partial charge in [0.1, 0.15) is 11.5 Å². The molecule has 0 spiro atoms. The van der Waals surface area contributed by atoms with E-state index in [9.17, 15) is 19.4 Å². The molecule has 0 saturated carbocycles. The SMILES string of the molecule is COc1ccc([C@H](Sc2cc(Oc3ccccc3)ccc2N)[C@@H](O)C(=O)O)cc1F. The van der Waals surface area contributed by atoms with Gasteiger partial charge in [-0.05, 0) is 48.0 Å². The smallest absolute Gasteiger partial charge is 0.334 e. The molecule has 6 nitrogen and oxygen atoms in total. The zero-order valence-electron chi connectivity index (χ0n) is 16.0. The van der Waals surface area contributed by atoms with Crippen LogP contribution in [0.25, 0.3) is 0 Å². The first-order chi connectivity index (χ1) is 14.4. The molecule has 3 rings (SSSR count). The first-order valence-electron chi connectivity index (χ1n) is 8.92. The number of hydrogen-bond acceptors (Lipinski definition) is 6. The summed E-state index contributed by atoms with van der Waals surface area (Å²) in [4.78, 5) is 12.0. The fraction of sp³-hybridized carbons (Fsp3) is 0.136. The molecule has 0 saturated heterocycles. The number of hydrogen-bond donors (Lipinski definition) is 3. The van der Waals surface area contributed by atoms with Crippen molar-refractivity contribution in [1.29, 1.82) is 0 Å². The fourth-order valence-electron chi connectivity index (χ4n) is 2.75. The largest absolute Gasteiger partial charge is 0.494 e. The molecule has 30 heavy (non-hydrogen) atoms. The Balaban J connectivity index is 1.93. The second-order valence-corrected chi connectivity index (χ2v) is 7.51. The summed E-state index contributed by atoms with van der Waals surface area (Å²) < 4.78 is 24.9. The predicted molar refractivity (Wildman–Crippen MR) is 113 cm³/mol. The van der Waals surface area contributed by atoms with E-state index in [0.717, 1.165) is 17.8 Å². The Morgan fingerprint density at radius 1 is 1.07 bits per heavy atom. The third-order valence-corrected chi connectivity index (χ3v) is 5.65. The van der Waals surface area contributed by atoms with Gasteiger partial charge in [-0.1, -0.05) is 24.3 Å². The molecule has 2 atom stereocenters. The van der Waals surface area contributed by atoms with Crippen LogP contribution in [0.1, 0.15) is 10.8 Å². The molecule has 0 fully saturated rings. The third kappa shape index (κ3) is 5.03. The number of nitrogens with two attached hydrogens (primary N) is 1. The number of methoxy groups -OCH3 is 1. The van der Waals surface area contributed by atoms with Crippen LogP contribution >= 0.6 is 11.8 Å². The van der Waals surface area contributed by atoms with E-state index in [1.54, 1.807) is 30.3 Å². The summed E-state index contributed by atoms with van der Waals surface area (Å²) in [6.45, 7) is 0. The van der Waals surface area contributed by atoms with Crippen LogP contribution in [0.5, 0.6) is 17.2 Å². The number of carbonyl (C=O) groups is 1. The van der Waals surface area contributed by atoms with E-state index in [2.05, 4.69) is 0 Å². The number of thioether (sulfide) groups is 1. The average Bonchev–Trinajstić information content (AvgIpc) is 2.74. The van der Waals surface area contributed by atoms with Crippen LogP contribution in [-0.2, 0) is 4.79 Å². The number of carboxylic acid groups (broad SMARTS) is 1. The monoisotopic (exact) mass is 429 g/mol. The first-order valence-corrected chi connectivity index (χ1v) is 9.80. The topological polar surface area (TPSA) is 102 Å². The molecule has 0 aliphatic carbocycles. The number of nitrogen functional groups attached to an aromatic ring is 1. The summed E-state index contributed by atoms with van der Waals surface area (Å²) in [5, 5.41) is 18.6. The molecule has 0 aliphatic rings. The van der Waals surface area contributed by atoms with Crippen molar-refractivity contribution in [2.24, 2.45) is 0 Å². The van der Waals surface area contributed by atoms with E-state index in [4.69, 9.17) is 15.2 Å². The molecular formula is C22H20FNO5S. The maximum atomic E-state index is 14.2. The molecule has 8 heteroatoms. The van der Waals surface area contributed by atoms with Crippen molar-refractivity contribution in [1.82, 2.24) is 0 Å². The van der Waals surface area contributed by atoms with Gasteiger partial charge in [0, 0.05) is 10.6 Å². The van der Waals surface area contributed by atoms with Gasteiger partial charge >= 0.3 is 5.97 Å². The van der Waals surface area contributed by atoms with Crippen molar-refractivity contribution in [3.8, 4) is 17.2 Å². The summed E-state index contributed by atoms with van der Waals surface area (Å²) in [7, 11) is 1.33. The summed E-state index contributed by atoms with van der Waals surface area (Å²) in [5.74, 6) is -0.962.